The summed E-state index contributed by atoms with van der Waals surface area (Å²) in [6.45, 7) is 1.73. The Hall–Kier alpha value is -2.47. The highest BCUT2D eigenvalue weighted by atomic mass is 19.4. The van der Waals surface area contributed by atoms with E-state index in [-0.39, 0.29) is 6.42 Å². The van der Waals surface area contributed by atoms with E-state index in [4.69, 9.17) is 5.73 Å². The minimum absolute atomic E-state index is 0.00515. The number of nitrogens with zero attached hydrogens (tertiary/aromatic N) is 1. The van der Waals surface area contributed by atoms with Gasteiger partial charge < -0.3 is 5.73 Å². The Morgan fingerprint density at radius 1 is 1.00 bits per heavy atom. The molecule has 0 saturated heterocycles. The van der Waals surface area contributed by atoms with Crippen LogP contribution in [0.2, 0.25) is 0 Å². The molecule has 0 heterocycles. The monoisotopic (exact) mass is 362 g/mol. The van der Waals surface area contributed by atoms with Gasteiger partial charge in [0.1, 0.15) is 12.1 Å². The highest BCUT2D eigenvalue weighted by Gasteiger charge is 2.44. The van der Waals surface area contributed by atoms with Crippen molar-refractivity contribution in [1.82, 2.24) is 0 Å². The minimum atomic E-state index is -4.71. The number of aliphatic imine (C=N–C) groups is 1. The van der Waals surface area contributed by atoms with E-state index in [2.05, 4.69) is 4.99 Å². The molecule has 0 unspecified atom stereocenters. The third-order valence-corrected chi connectivity index (χ3v) is 3.91. The molecule has 0 bridgehead atoms. The van der Waals surface area contributed by atoms with Crippen molar-refractivity contribution in [2.24, 2.45) is 10.7 Å². The molecule has 0 aliphatic carbocycles. The normalized spacial score (nSPS) is 13.7. The van der Waals surface area contributed by atoms with Crippen LogP contribution in [0.5, 0.6) is 0 Å². The first kappa shape index (κ1) is 19.8. The Labute approximate surface area is 150 Å². The highest BCUT2D eigenvalue weighted by molar-refractivity contribution is 6.13. The van der Waals surface area contributed by atoms with Crippen LogP contribution in [0.15, 0.2) is 65.7 Å². The van der Waals surface area contributed by atoms with Gasteiger partial charge in [-0.3, -0.25) is 9.79 Å². The van der Waals surface area contributed by atoms with Gasteiger partial charge in [0.25, 0.3) is 0 Å². The average Bonchev–Trinajstić information content (AvgIpc) is 2.63. The van der Waals surface area contributed by atoms with E-state index in [0.29, 0.717) is 23.3 Å². The first-order chi connectivity index (χ1) is 12.3. The molecule has 0 aliphatic rings. The van der Waals surface area contributed by atoms with Gasteiger partial charge in [0.2, 0.25) is 0 Å². The summed E-state index contributed by atoms with van der Waals surface area (Å²) in [7, 11) is 0. The SMILES string of the molecule is CCCC(=O)[C@@H](N=C(c1ccccc1)c1ccccc1)[C@@H](N)C(F)(F)F. The fourth-order valence-electron chi connectivity index (χ4n) is 2.57. The van der Waals surface area contributed by atoms with Crippen molar-refractivity contribution < 1.29 is 18.0 Å². The lowest BCUT2D eigenvalue weighted by molar-refractivity contribution is -0.157. The van der Waals surface area contributed by atoms with Gasteiger partial charge in [-0.15, -0.1) is 0 Å². The average molecular weight is 362 g/mol. The summed E-state index contributed by atoms with van der Waals surface area (Å²) < 4.78 is 39.6. The van der Waals surface area contributed by atoms with Gasteiger partial charge in [0, 0.05) is 17.5 Å². The number of ketones is 1. The van der Waals surface area contributed by atoms with E-state index in [0.717, 1.165) is 0 Å². The number of halogens is 3. The van der Waals surface area contributed by atoms with Gasteiger partial charge in [-0.1, -0.05) is 67.6 Å². The highest BCUT2D eigenvalue weighted by Crippen LogP contribution is 2.25. The Balaban J connectivity index is 2.57. The summed E-state index contributed by atoms with van der Waals surface area (Å²) >= 11 is 0. The van der Waals surface area contributed by atoms with Crippen molar-refractivity contribution in [1.29, 1.82) is 0 Å². The molecular formula is C20H21F3N2O. The number of hydrogen-bond donors (Lipinski definition) is 1. The van der Waals surface area contributed by atoms with Gasteiger partial charge in [0.05, 0.1) is 5.71 Å². The van der Waals surface area contributed by atoms with Crippen LogP contribution in [0.3, 0.4) is 0 Å². The molecule has 2 aromatic carbocycles. The number of nitrogens with two attached hydrogens (primary N) is 1. The Morgan fingerprint density at radius 3 is 1.85 bits per heavy atom. The second-order valence-corrected chi connectivity index (χ2v) is 5.94. The molecule has 2 N–H and O–H groups in total. The molecular weight excluding hydrogens is 341 g/mol. The maximum Gasteiger partial charge on any atom is 0.406 e. The van der Waals surface area contributed by atoms with E-state index in [1.54, 1.807) is 67.6 Å². The van der Waals surface area contributed by atoms with Gasteiger partial charge >= 0.3 is 6.18 Å². The van der Waals surface area contributed by atoms with Gasteiger partial charge in [-0.05, 0) is 6.42 Å². The third-order valence-electron chi connectivity index (χ3n) is 3.91. The Kier molecular flexibility index (Phi) is 6.69. The number of Topliss-reactive ketones (excluding diaryl/α,β-unsaturated/α-hetero) is 1. The molecule has 0 saturated carbocycles. The van der Waals surface area contributed by atoms with Crippen LogP contribution in [0.4, 0.5) is 13.2 Å². The van der Waals surface area contributed by atoms with Crippen molar-refractivity contribution in [3.63, 3.8) is 0 Å². The zero-order chi connectivity index (χ0) is 19.2. The van der Waals surface area contributed by atoms with Crippen molar-refractivity contribution in [2.45, 2.75) is 38.0 Å². The number of carbonyl (C=O) groups is 1. The minimum Gasteiger partial charge on any atom is -0.318 e. The molecule has 2 aromatic rings. The molecule has 0 spiro atoms. The number of benzene rings is 2. The summed E-state index contributed by atoms with van der Waals surface area (Å²) in [5, 5.41) is 0. The predicted molar refractivity (Wildman–Crippen MR) is 96.3 cm³/mol. The second-order valence-electron chi connectivity index (χ2n) is 5.94. The number of hydrogen-bond acceptors (Lipinski definition) is 3. The Morgan fingerprint density at radius 2 is 1.46 bits per heavy atom. The van der Waals surface area contributed by atoms with E-state index < -0.39 is 24.0 Å². The predicted octanol–water partition coefficient (Wildman–Crippen LogP) is 4.15. The maximum absolute atomic E-state index is 13.2. The van der Waals surface area contributed by atoms with Crippen molar-refractivity contribution in [3.05, 3.63) is 71.8 Å². The lowest BCUT2D eigenvalue weighted by Gasteiger charge is -2.23. The number of alkyl halides is 3. The van der Waals surface area contributed by atoms with Crippen LogP contribution in [0.1, 0.15) is 30.9 Å². The molecule has 0 aromatic heterocycles. The van der Waals surface area contributed by atoms with Crippen LogP contribution in [0, 0.1) is 0 Å². The van der Waals surface area contributed by atoms with E-state index in [9.17, 15) is 18.0 Å². The smallest absolute Gasteiger partial charge is 0.318 e. The van der Waals surface area contributed by atoms with E-state index >= 15 is 0 Å². The zero-order valence-electron chi connectivity index (χ0n) is 14.4. The Bertz CT molecular complexity index is 701. The summed E-state index contributed by atoms with van der Waals surface area (Å²) in [4.78, 5) is 16.6. The number of carbonyl (C=O) groups excluding carboxylic acids is 1. The molecule has 2 atom stereocenters. The lowest BCUT2D eigenvalue weighted by Crippen LogP contribution is -2.50. The van der Waals surface area contributed by atoms with Crippen LogP contribution in [-0.4, -0.2) is 29.8 Å². The van der Waals surface area contributed by atoms with E-state index in [1.807, 2.05) is 0 Å². The van der Waals surface area contributed by atoms with Crippen molar-refractivity contribution >= 4 is 11.5 Å². The summed E-state index contributed by atoms with van der Waals surface area (Å²) in [5.74, 6) is -0.610. The molecule has 0 radical (unpaired) electrons. The fourth-order valence-corrected chi connectivity index (χ4v) is 2.57. The molecule has 0 fully saturated rings. The van der Waals surface area contributed by atoms with Crippen LogP contribution >= 0.6 is 0 Å². The fraction of sp³-hybridized carbons (Fsp3) is 0.300. The number of rotatable bonds is 7. The van der Waals surface area contributed by atoms with Gasteiger partial charge in [-0.25, -0.2) is 0 Å². The van der Waals surface area contributed by atoms with Crippen LogP contribution in [-0.2, 0) is 4.79 Å². The van der Waals surface area contributed by atoms with Gasteiger partial charge in [0.15, 0.2) is 5.78 Å². The van der Waals surface area contributed by atoms with Crippen molar-refractivity contribution in [3.8, 4) is 0 Å². The topological polar surface area (TPSA) is 55.5 Å². The molecule has 3 nitrogen and oxygen atoms in total. The zero-order valence-corrected chi connectivity index (χ0v) is 14.4. The summed E-state index contributed by atoms with van der Waals surface area (Å²) in [6.07, 6.45) is -4.29. The largest absolute Gasteiger partial charge is 0.406 e. The molecule has 0 amide bonds. The quantitative estimate of drug-likeness (QED) is 0.752. The van der Waals surface area contributed by atoms with E-state index in [1.165, 1.54) is 0 Å². The van der Waals surface area contributed by atoms with Crippen molar-refractivity contribution in [2.75, 3.05) is 0 Å². The molecule has 26 heavy (non-hydrogen) atoms. The van der Waals surface area contributed by atoms with Crippen LogP contribution < -0.4 is 5.73 Å². The molecule has 138 valence electrons. The first-order valence-corrected chi connectivity index (χ1v) is 8.38. The summed E-state index contributed by atoms with van der Waals surface area (Å²) in [6, 6.07) is 13.6. The first-order valence-electron chi connectivity index (χ1n) is 8.38. The molecule has 0 aliphatic heterocycles. The second kappa shape index (κ2) is 8.76. The lowest BCUT2D eigenvalue weighted by atomic mass is 9.98. The molecule has 6 heteroatoms. The molecule has 2 rings (SSSR count). The van der Waals surface area contributed by atoms with Gasteiger partial charge in [-0.2, -0.15) is 13.2 Å². The standard InChI is InChI=1S/C20H21F3N2O/c1-2-9-16(26)18(19(24)20(21,22)23)25-17(14-10-5-3-6-11-14)15-12-7-4-8-13-15/h3-8,10-13,18-19H,2,9,24H2,1H3/t18-,19-/m1/s1. The third kappa shape index (κ3) is 5.02. The van der Waals surface area contributed by atoms with Crippen LogP contribution in [0.25, 0.3) is 0 Å². The maximum atomic E-state index is 13.2. The summed E-state index contributed by atoms with van der Waals surface area (Å²) in [5.41, 5.74) is 6.95.